The third-order valence-electron chi connectivity index (χ3n) is 4.86. The van der Waals surface area contributed by atoms with Gasteiger partial charge in [0.05, 0.1) is 5.01 Å². The normalized spacial score (nSPS) is 10.8. The Morgan fingerprint density at radius 3 is 2.57 bits per heavy atom. The lowest BCUT2D eigenvalue weighted by Crippen LogP contribution is -2.28. The van der Waals surface area contributed by atoms with E-state index in [0.717, 1.165) is 41.3 Å². The summed E-state index contributed by atoms with van der Waals surface area (Å²) in [5.41, 5.74) is 3.58. The third kappa shape index (κ3) is 5.02. The average molecular weight is 418 g/mol. The maximum Gasteiger partial charge on any atom is 0.273 e. The summed E-state index contributed by atoms with van der Waals surface area (Å²) < 4.78 is 5.44. The highest BCUT2D eigenvalue weighted by Crippen LogP contribution is 2.20. The summed E-state index contributed by atoms with van der Waals surface area (Å²) >= 11 is 1.53. The fourth-order valence-corrected chi connectivity index (χ4v) is 4.03. The first-order valence-corrected chi connectivity index (χ1v) is 10.8. The quantitative estimate of drug-likeness (QED) is 0.400. The van der Waals surface area contributed by atoms with E-state index in [0.29, 0.717) is 12.2 Å². The smallest absolute Gasteiger partial charge is 0.273 e. The van der Waals surface area contributed by atoms with Crippen LogP contribution in [0.4, 0.5) is 0 Å². The zero-order valence-electron chi connectivity index (χ0n) is 16.8. The van der Waals surface area contributed by atoms with Gasteiger partial charge in [-0.15, -0.1) is 11.3 Å². The van der Waals surface area contributed by atoms with Gasteiger partial charge in [-0.1, -0.05) is 65.8 Å². The zero-order valence-corrected chi connectivity index (χ0v) is 17.6. The summed E-state index contributed by atoms with van der Waals surface area (Å²) in [4.78, 5) is 18.9. The van der Waals surface area contributed by atoms with Gasteiger partial charge in [0.25, 0.3) is 5.91 Å². The van der Waals surface area contributed by atoms with Crippen molar-refractivity contribution in [3.8, 4) is 11.3 Å². The van der Waals surface area contributed by atoms with E-state index in [1.165, 1.54) is 16.9 Å². The van der Waals surface area contributed by atoms with Crippen LogP contribution in [0.2, 0.25) is 0 Å². The fourth-order valence-electron chi connectivity index (χ4n) is 3.22. The summed E-state index contributed by atoms with van der Waals surface area (Å²) in [6.45, 7) is 0.631. The Morgan fingerprint density at radius 2 is 1.80 bits per heavy atom. The van der Waals surface area contributed by atoms with Crippen molar-refractivity contribution in [3.63, 3.8) is 0 Å². The van der Waals surface area contributed by atoms with Crippen molar-refractivity contribution in [1.29, 1.82) is 0 Å². The molecule has 6 heteroatoms. The first-order valence-electron chi connectivity index (χ1n) is 9.94. The van der Waals surface area contributed by atoms with Crippen molar-refractivity contribution in [3.05, 3.63) is 94.1 Å². The van der Waals surface area contributed by atoms with Crippen LogP contribution in [-0.4, -0.2) is 34.5 Å². The van der Waals surface area contributed by atoms with Gasteiger partial charge in [0, 0.05) is 43.4 Å². The summed E-state index contributed by atoms with van der Waals surface area (Å²) in [7, 11) is 1.81. The second-order valence-electron chi connectivity index (χ2n) is 7.16. The predicted molar refractivity (Wildman–Crippen MR) is 119 cm³/mol. The molecule has 0 spiro atoms. The molecule has 0 N–H and O–H groups in total. The predicted octanol–water partition coefficient (Wildman–Crippen LogP) is 5.09. The Bertz CT molecular complexity index is 1090. The number of thiazole rings is 1. The molecule has 0 fully saturated rings. The molecule has 0 atom stereocenters. The van der Waals surface area contributed by atoms with Crippen molar-refractivity contribution in [2.24, 2.45) is 0 Å². The van der Waals surface area contributed by atoms with Crippen LogP contribution < -0.4 is 0 Å². The number of hydrogen-bond acceptors (Lipinski definition) is 5. The largest absolute Gasteiger partial charge is 0.361 e. The summed E-state index contributed by atoms with van der Waals surface area (Å²) in [5.74, 6) is 0.779. The fraction of sp³-hybridized carbons (Fsp3) is 0.208. The van der Waals surface area contributed by atoms with Crippen LogP contribution in [0.15, 0.2) is 76.6 Å². The number of carbonyl (C=O) groups excluding carboxylic acids is 1. The number of aryl methyl sites for hydroxylation is 1. The van der Waals surface area contributed by atoms with E-state index in [4.69, 9.17) is 4.52 Å². The number of aromatic nitrogens is 2. The molecular weight excluding hydrogens is 394 g/mol. The van der Waals surface area contributed by atoms with E-state index in [1.54, 1.807) is 4.90 Å². The van der Waals surface area contributed by atoms with Gasteiger partial charge in [0.1, 0.15) is 17.1 Å². The highest BCUT2D eigenvalue weighted by Gasteiger charge is 2.16. The Balaban J connectivity index is 1.28. The van der Waals surface area contributed by atoms with Crippen LogP contribution in [-0.2, 0) is 12.8 Å². The number of benzene rings is 2. The Hall–Kier alpha value is -3.25. The topological polar surface area (TPSA) is 59.2 Å². The minimum atomic E-state index is -0.0480. The van der Waals surface area contributed by atoms with E-state index in [2.05, 4.69) is 22.3 Å². The molecule has 2 aromatic heterocycles. The first-order chi connectivity index (χ1) is 14.7. The van der Waals surface area contributed by atoms with Gasteiger partial charge in [0.15, 0.2) is 0 Å². The first kappa shape index (κ1) is 20.0. The van der Waals surface area contributed by atoms with Crippen molar-refractivity contribution in [2.45, 2.75) is 19.3 Å². The molecule has 2 aromatic carbocycles. The van der Waals surface area contributed by atoms with E-state index in [1.807, 2.05) is 67.0 Å². The molecule has 2 heterocycles. The van der Waals surface area contributed by atoms with Crippen molar-refractivity contribution < 1.29 is 9.32 Å². The van der Waals surface area contributed by atoms with Crippen LogP contribution >= 0.6 is 11.3 Å². The van der Waals surface area contributed by atoms with Crippen molar-refractivity contribution in [2.75, 3.05) is 13.6 Å². The van der Waals surface area contributed by atoms with Crippen LogP contribution in [0.1, 0.15) is 33.2 Å². The molecule has 152 valence electrons. The standard InChI is InChI=1S/C24H23N3O2S/c1-27(14-8-13-20-16-21(26-29-20)19-11-6-3-7-12-19)24(28)22-17-30-23(25-22)15-18-9-4-2-5-10-18/h2-7,9-12,16-17H,8,13-15H2,1H3. The van der Waals surface area contributed by atoms with E-state index in [9.17, 15) is 4.79 Å². The van der Waals surface area contributed by atoms with Gasteiger partial charge in [-0.2, -0.15) is 0 Å². The molecule has 0 unspecified atom stereocenters. The molecule has 4 rings (SSSR count). The Morgan fingerprint density at radius 1 is 1.07 bits per heavy atom. The zero-order chi connectivity index (χ0) is 20.8. The Kier molecular flexibility index (Phi) is 6.35. The molecule has 0 aliphatic heterocycles. The average Bonchev–Trinajstić information content (AvgIpc) is 3.44. The van der Waals surface area contributed by atoms with E-state index in [-0.39, 0.29) is 5.91 Å². The monoisotopic (exact) mass is 417 g/mol. The number of amides is 1. The second kappa shape index (κ2) is 9.50. The molecule has 4 aromatic rings. The van der Waals surface area contributed by atoms with Crippen LogP contribution in [0.25, 0.3) is 11.3 Å². The van der Waals surface area contributed by atoms with Gasteiger partial charge in [0.2, 0.25) is 0 Å². The van der Waals surface area contributed by atoms with Gasteiger partial charge >= 0.3 is 0 Å². The summed E-state index contributed by atoms with van der Waals surface area (Å²) in [6, 6.07) is 22.1. The number of hydrogen-bond donors (Lipinski definition) is 0. The van der Waals surface area contributed by atoms with Crippen LogP contribution in [0.5, 0.6) is 0 Å². The number of carbonyl (C=O) groups is 1. The molecule has 0 saturated heterocycles. The number of rotatable bonds is 8. The van der Waals surface area contributed by atoms with Gasteiger partial charge in [-0.3, -0.25) is 4.79 Å². The van der Waals surface area contributed by atoms with Crippen LogP contribution in [0.3, 0.4) is 0 Å². The molecular formula is C24H23N3O2S. The van der Waals surface area contributed by atoms with Gasteiger partial charge in [-0.25, -0.2) is 4.98 Å². The number of nitrogens with zero attached hydrogens (tertiary/aromatic N) is 3. The minimum Gasteiger partial charge on any atom is -0.361 e. The van der Waals surface area contributed by atoms with E-state index >= 15 is 0 Å². The lowest BCUT2D eigenvalue weighted by Gasteiger charge is -2.15. The highest BCUT2D eigenvalue weighted by atomic mass is 32.1. The second-order valence-corrected chi connectivity index (χ2v) is 8.11. The third-order valence-corrected chi connectivity index (χ3v) is 5.71. The van der Waals surface area contributed by atoms with Gasteiger partial charge < -0.3 is 9.42 Å². The van der Waals surface area contributed by atoms with E-state index < -0.39 is 0 Å². The molecule has 0 radical (unpaired) electrons. The van der Waals surface area contributed by atoms with Crippen molar-refractivity contribution in [1.82, 2.24) is 15.0 Å². The molecule has 1 amide bonds. The summed E-state index contributed by atoms with van der Waals surface area (Å²) in [6.07, 6.45) is 2.28. The molecule has 0 saturated carbocycles. The summed E-state index contributed by atoms with van der Waals surface area (Å²) in [5, 5.41) is 6.94. The SMILES string of the molecule is CN(CCCc1cc(-c2ccccc2)no1)C(=O)c1csc(Cc2ccccc2)n1. The molecule has 0 aliphatic carbocycles. The van der Waals surface area contributed by atoms with Crippen LogP contribution in [0, 0.1) is 0 Å². The molecule has 5 nitrogen and oxygen atoms in total. The van der Waals surface area contributed by atoms with Crippen molar-refractivity contribution >= 4 is 17.2 Å². The molecule has 0 aliphatic rings. The highest BCUT2D eigenvalue weighted by molar-refractivity contribution is 7.09. The van der Waals surface area contributed by atoms with Gasteiger partial charge in [-0.05, 0) is 12.0 Å². The molecule has 30 heavy (non-hydrogen) atoms. The minimum absolute atomic E-state index is 0.0480. The lowest BCUT2D eigenvalue weighted by molar-refractivity contribution is 0.0787. The Labute approximate surface area is 180 Å². The maximum absolute atomic E-state index is 12.7. The lowest BCUT2D eigenvalue weighted by atomic mass is 10.1. The maximum atomic E-state index is 12.7. The molecule has 0 bridgehead atoms.